The van der Waals surface area contributed by atoms with Crippen LogP contribution in [0.15, 0.2) is 52.4 Å². The Bertz CT molecular complexity index is 1200. The van der Waals surface area contributed by atoms with Gasteiger partial charge in [0.2, 0.25) is 0 Å². The van der Waals surface area contributed by atoms with E-state index in [1.807, 2.05) is 0 Å². The number of aryl methyl sites for hydroxylation is 1. The predicted molar refractivity (Wildman–Crippen MR) is 118 cm³/mol. The Balaban J connectivity index is 1.73. The lowest BCUT2D eigenvalue weighted by atomic mass is 10.1. The first kappa shape index (κ1) is 22.8. The van der Waals surface area contributed by atoms with Crippen LogP contribution < -0.4 is 0 Å². The largest absolute Gasteiger partial charge is 0.505 e. The fourth-order valence-corrected chi connectivity index (χ4v) is 4.23. The molecule has 2 aliphatic heterocycles. The van der Waals surface area contributed by atoms with Crippen molar-refractivity contribution in [3.63, 3.8) is 0 Å². The summed E-state index contributed by atoms with van der Waals surface area (Å²) in [5.74, 6) is -0.547. The van der Waals surface area contributed by atoms with Crippen LogP contribution in [0.4, 0.5) is 13.2 Å². The van der Waals surface area contributed by atoms with Gasteiger partial charge in [-0.3, -0.25) is 4.79 Å². The summed E-state index contributed by atoms with van der Waals surface area (Å²) in [7, 11) is 0. The number of aliphatic imine (C=N–C) groups is 1. The lowest BCUT2D eigenvalue weighted by Crippen LogP contribution is -2.42. The van der Waals surface area contributed by atoms with Gasteiger partial charge in [0.1, 0.15) is 11.3 Å². The zero-order chi connectivity index (χ0) is 23.9. The van der Waals surface area contributed by atoms with Crippen molar-refractivity contribution in [1.29, 1.82) is 0 Å². The lowest BCUT2D eigenvalue weighted by molar-refractivity contribution is -0.137. The number of rotatable bonds is 3. The number of hydrogen-bond donors (Lipinski definition) is 1. The van der Waals surface area contributed by atoms with Gasteiger partial charge in [-0.2, -0.15) is 13.2 Å². The highest BCUT2D eigenvalue weighted by atomic mass is 19.4. The molecule has 174 valence electrons. The number of para-hydroxylation sites is 1. The standard InChI is InChI=1S/C24H24F3N3O3/c1-14-12-17(16(3)30(14)20-7-5-4-6-18(20)24(25,26)27)13-19-22(31)21(15(2)28-19)23(32)29-8-10-33-11-9-29/h4-7,12-13,31H,8-11H2,1-3H3/b19-13+. The number of halogens is 3. The van der Waals surface area contributed by atoms with E-state index in [4.69, 9.17) is 4.74 Å². The van der Waals surface area contributed by atoms with Crippen LogP contribution in [-0.4, -0.2) is 52.5 Å². The molecule has 1 amide bonds. The number of benzene rings is 1. The highest BCUT2D eigenvalue weighted by Gasteiger charge is 2.34. The van der Waals surface area contributed by atoms with Gasteiger partial charge < -0.3 is 19.3 Å². The van der Waals surface area contributed by atoms with Crippen LogP contribution in [-0.2, 0) is 15.7 Å². The summed E-state index contributed by atoms with van der Waals surface area (Å²) in [6.45, 7) is 6.80. The van der Waals surface area contributed by atoms with E-state index in [2.05, 4.69) is 4.99 Å². The number of morpholine rings is 1. The van der Waals surface area contributed by atoms with Crippen molar-refractivity contribution in [3.8, 4) is 5.69 Å². The average molecular weight is 459 g/mol. The number of aromatic nitrogens is 1. The Morgan fingerprint density at radius 1 is 1.15 bits per heavy atom. The number of carbonyl (C=O) groups is 1. The van der Waals surface area contributed by atoms with Gasteiger partial charge >= 0.3 is 6.18 Å². The number of ether oxygens (including phenoxy) is 1. The molecule has 1 saturated heterocycles. The van der Waals surface area contributed by atoms with E-state index >= 15 is 0 Å². The number of amides is 1. The number of carbonyl (C=O) groups excluding carboxylic acids is 1. The van der Waals surface area contributed by atoms with Crippen molar-refractivity contribution in [3.05, 3.63) is 69.9 Å². The molecule has 1 N–H and O–H groups in total. The van der Waals surface area contributed by atoms with Crippen molar-refractivity contribution in [2.24, 2.45) is 4.99 Å². The van der Waals surface area contributed by atoms with Gasteiger partial charge in [-0.1, -0.05) is 12.1 Å². The quantitative estimate of drug-likeness (QED) is 0.730. The first-order valence-electron chi connectivity index (χ1n) is 10.5. The number of aliphatic hydroxyl groups is 1. The van der Waals surface area contributed by atoms with Gasteiger partial charge in [0, 0.05) is 24.5 Å². The zero-order valence-corrected chi connectivity index (χ0v) is 18.5. The fraction of sp³-hybridized carbons (Fsp3) is 0.333. The van der Waals surface area contributed by atoms with E-state index in [9.17, 15) is 23.1 Å². The molecule has 1 aromatic heterocycles. The Morgan fingerprint density at radius 2 is 1.82 bits per heavy atom. The minimum absolute atomic E-state index is 0.0266. The monoisotopic (exact) mass is 459 g/mol. The maximum absolute atomic E-state index is 13.6. The third-order valence-corrected chi connectivity index (χ3v) is 5.85. The van der Waals surface area contributed by atoms with Crippen molar-refractivity contribution in [1.82, 2.24) is 9.47 Å². The minimum Gasteiger partial charge on any atom is -0.505 e. The Hall–Kier alpha value is -3.33. The van der Waals surface area contributed by atoms with E-state index in [0.29, 0.717) is 49.0 Å². The summed E-state index contributed by atoms with van der Waals surface area (Å²) in [5, 5.41) is 10.8. The molecule has 0 spiro atoms. The molecule has 2 aliphatic rings. The summed E-state index contributed by atoms with van der Waals surface area (Å²) >= 11 is 0. The van der Waals surface area contributed by atoms with Gasteiger partial charge in [0.25, 0.3) is 5.91 Å². The maximum Gasteiger partial charge on any atom is 0.418 e. The summed E-state index contributed by atoms with van der Waals surface area (Å²) in [6, 6.07) is 7.12. The number of nitrogens with zero attached hydrogens (tertiary/aromatic N) is 3. The summed E-state index contributed by atoms with van der Waals surface area (Å²) in [4.78, 5) is 18.9. The van der Waals surface area contributed by atoms with Crippen LogP contribution in [0.25, 0.3) is 11.8 Å². The van der Waals surface area contributed by atoms with Crippen LogP contribution in [0, 0.1) is 13.8 Å². The number of alkyl halides is 3. The minimum atomic E-state index is -4.50. The van der Waals surface area contributed by atoms with Gasteiger partial charge in [-0.15, -0.1) is 0 Å². The second kappa shape index (κ2) is 8.55. The van der Waals surface area contributed by atoms with E-state index in [-0.39, 0.29) is 28.6 Å². The second-order valence-corrected chi connectivity index (χ2v) is 8.03. The summed E-state index contributed by atoms with van der Waals surface area (Å²) < 4.78 is 47.5. The molecular formula is C24H24F3N3O3. The van der Waals surface area contributed by atoms with E-state index < -0.39 is 11.7 Å². The number of aliphatic hydroxyl groups excluding tert-OH is 1. The normalized spacial score (nSPS) is 18.3. The average Bonchev–Trinajstić information content (AvgIpc) is 3.21. The second-order valence-electron chi connectivity index (χ2n) is 8.03. The molecule has 2 aromatic rings. The van der Waals surface area contributed by atoms with Crippen molar-refractivity contribution in [2.75, 3.05) is 26.3 Å². The molecule has 0 atom stereocenters. The Morgan fingerprint density at radius 3 is 2.48 bits per heavy atom. The van der Waals surface area contributed by atoms with Crippen molar-refractivity contribution < 1.29 is 27.8 Å². The first-order chi connectivity index (χ1) is 15.6. The molecule has 33 heavy (non-hydrogen) atoms. The van der Waals surface area contributed by atoms with Gasteiger partial charge in [-0.25, -0.2) is 4.99 Å². The molecule has 3 heterocycles. The van der Waals surface area contributed by atoms with E-state index in [0.717, 1.165) is 6.07 Å². The van der Waals surface area contributed by atoms with Crippen LogP contribution >= 0.6 is 0 Å². The van der Waals surface area contributed by atoms with Crippen molar-refractivity contribution >= 4 is 17.7 Å². The van der Waals surface area contributed by atoms with Crippen molar-refractivity contribution in [2.45, 2.75) is 26.9 Å². The fourth-order valence-electron chi connectivity index (χ4n) is 4.23. The van der Waals surface area contributed by atoms with Gasteiger partial charge in [0.15, 0.2) is 5.76 Å². The zero-order valence-electron chi connectivity index (χ0n) is 18.5. The third-order valence-electron chi connectivity index (χ3n) is 5.85. The third kappa shape index (κ3) is 4.20. The Labute approximate surface area is 189 Å². The SMILES string of the molecule is CC1=N/C(=C/c2cc(C)n(-c3ccccc3C(F)(F)F)c2C)C(O)=C1C(=O)N1CCOCC1. The molecule has 1 fully saturated rings. The molecule has 0 aliphatic carbocycles. The predicted octanol–water partition coefficient (Wildman–Crippen LogP) is 4.60. The molecule has 1 aromatic carbocycles. The molecule has 0 unspecified atom stereocenters. The van der Waals surface area contributed by atoms with Crippen LogP contribution in [0.3, 0.4) is 0 Å². The molecule has 6 nitrogen and oxygen atoms in total. The number of hydrogen-bond acceptors (Lipinski definition) is 4. The van der Waals surface area contributed by atoms with Crippen LogP contribution in [0.5, 0.6) is 0 Å². The molecule has 9 heteroatoms. The van der Waals surface area contributed by atoms with Crippen LogP contribution in [0.2, 0.25) is 0 Å². The molecular weight excluding hydrogens is 435 g/mol. The van der Waals surface area contributed by atoms with Crippen LogP contribution in [0.1, 0.15) is 29.4 Å². The lowest BCUT2D eigenvalue weighted by Gasteiger charge is -2.27. The van der Waals surface area contributed by atoms with E-state index in [1.54, 1.807) is 43.9 Å². The summed E-state index contributed by atoms with van der Waals surface area (Å²) in [6.07, 6.45) is -2.91. The first-order valence-corrected chi connectivity index (χ1v) is 10.5. The molecule has 0 radical (unpaired) electrons. The highest BCUT2D eigenvalue weighted by molar-refractivity contribution is 6.23. The Kier molecular flexibility index (Phi) is 5.92. The molecule has 4 rings (SSSR count). The smallest absolute Gasteiger partial charge is 0.418 e. The highest BCUT2D eigenvalue weighted by Crippen LogP contribution is 2.36. The topological polar surface area (TPSA) is 67.1 Å². The molecule has 0 saturated carbocycles. The van der Waals surface area contributed by atoms with Gasteiger partial charge in [0.05, 0.1) is 30.2 Å². The van der Waals surface area contributed by atoms with Gasteiger partial charge in [-0.05, 0) is 50.6 Å². The summed E-state index contributed by atoms with van der Waals surface area (Å²) in [5.41, 5.74) is 1.79. The van der Waals surface area contributed by atoms with E-state index in [1.165, 1.54) is 16.7 Å². The maximum atomic E-state index is 13.6. The molecule has 0 bridgehead atoms.